The van der Waals surface area contributed by atoms with E-state index in [-0.39, 0.29) is 5.91 Å². The van der Waals surface area contributed by atoms with Crippen molar-refractivity contribution in [2.75, 3.05) is 13.1 Å². The Labute approximate surface area is 115 Å². The maximum Gasteiger partial charge on any atom is 0.251 e. The summed E-state index contributed by atoms with van der Waals surface area (Å²) in [4.78, 5) is 11.9. The molecule has 0 radical (unpaired) electrons. The zero-order chi connectivity index (χ0) is 13.8. The smallest absolute Gasteiger partial charge is 0.251 e. The van der Waals surface area contributed by atoms with Gasteiger partial charge in [-0.3, -0.25) is 4.79 Å². The van der Waals surface area contributed by atoms with Crippen LogP contribution in [0.3, 0.4) is 0 Å². The second-order valence-electron chi connectivity index (χ2n) is 5.60. The maximum atomic E-state index is 11.9. The van der Waals surface area contributed by atoms with E-state index in [1.807, 2.05) is 0 Å². The Bertz CT molecular complexity index is 454. The molecule has 1 aliphatic rings. The van der Waals surface area contributed by atoms with E-state index < -0.39 is 0 Å². The highest BCUT2D eigenvalue weighted by Gasteiger charge is 2.20. The molecule has 0 spiro atoms. The fourth-order valence-electron chi connectivity index (χ4n) is 2.66. The first kappa shape index (κ1) is 14.1. The van der Waals surface area contributed by atoms with Crippen LogP contribution in [0.2, 0.25) is 0 Å². The van der Waals surface area contributed by atoms with Gasteiger partial charge >= 0.3 is 0 Å². The summed E-state index contributed by atoms with van der Waals surface area (Å²) in [5, 5.41) is 6.49. The quantitative estimate of drug-likeness (QED) is 0.854. The van der Waals surface area contributed by atoms with Crippen molar-refractivity contribution in [1.82, 2.24) is 10.6 Å². The van der Waals surface area contributed by atoms with Crippen LogP contribution in [-0.4, -0.2) is 19.0 Å². The fourth-order valence-corrected chi connectivity index (χ4v) is 2.66. The third-order valence-corrected chi connectivity index (χ3v) is 3.70. The van der Waals surface area contributed by atoms with Crippen LogP contribution in [0.4, 0.5) is 0 Å². The number of hydrogen-bond acceptors (Lipinski definition) is 2. The number of nitrogens with one attached hydrogen (secondary N) is 2. The van der Waals surface area contributed by atoms with E-state index in [9.17, 15) is 4.79 Å². The lowest BCUT2D eigenvalue weighted by Gasteiger charge is -2.25. The molecule has 1 aliphatic heterocycles. The minimum absolute atomic E-state index is 0.0705. The van der Waals surface area contributed by atoms with Crippen molar-refractivity contribution in [3.05, 3.63) is 34.9 Å². The Balaban J connectivity index is 2.28. The molecule has 104 valence electrons. The van der Waals surface area contributed by atoms with Crippen molar-refractivity contribution < 1.29 is 4.79 Å². The average molecular weight is 260 g/mol. The molecule has 0 bridgehead atoms. The normalized spacial score (nSPS) is 16.1. The highest BCUT2D eigenvalue weighted by atomic mass is 16.1. The third-order valence-electron chi connectivity index (χ3n) is 3.70. The van der Waals surface area contributed by atoms with Crippen LogP contribution in [-0.2, 0) is 6.42 Å². The van der Waals surface area contributed by atoms with E-state index in [1.165, 1.54) is 11.1 Å². The van der Waals surface area contributed by atoms with Gasteiger partial charge in [-0.1, -0.05) is 32.9 Å². The zero-order valence-electron chi connectivity index (χ0n) is 12.1. The van der Waals surface area contributed by atoms with Gasteiger partial charge in [-0.05, 0) is 42.5 Å². The molecular formula is C16H24N2O. The molecule has 1 atom stereocenters. The SMILES string of the molecule is CCCNC(c1ccc2c(c1)C(=O)NCC2)C(C)C. The molecule has 0 saturated heterocycles. The highest BCUT2D eigenvalue weighted by Crippen LogP contribution is 2.25. The molecule has 0 aromatic heterocycles. The summed E-state index contributed by atoms with van der Waals surface area (Å²) in [7, 11) is 0. The van der Waals surface area contributed by atoms with Crippen molar-refractivity contribution in [3.63, 3.8) is 0 Å². The van der Waals surface area contributed by atoms with E-state index in [0.29, 0.717) is 12.0 Å². The number of benzene rings is 1. The van der Waals surface area contributed by atoms with Crippen molar-refractivity contribution in [2.24, 2.45) is 5.92 Å². The molecule has 0 fully saturated rings. The van der Waals surface area contributed by atoms with Gasteiger partial charge in [-0.2, -0.15) is 0 Å². The van der Waals surface area contributed by atoms with Crippen LogP contribution in [0.5, 0.6) is 0 Å². The summed E-state index contributed by atoms with van der Waals surface area (Å²) in [6.45, 7) is 8.36. The van der Waals surface area contributed by atoms with E-state index in [1.54, 1.807) is 0 Å². The first-order valence-corrected chi connectivity index (χ1v) is 7.28. The molecule has 1 unspecified atom stereocenters. The van der Waals surface area contributed by atoms with Crippen LogP contribution in [0.1, 0.15) is 54.7 Å². The van der Waals surface area contributed by atoms with E-state index in [4.69, 9.17) is 0 Å². The molecule has 1 aromatic rings. The van der Waals surface area contributed by atoms with Gasteiger partial charge in [0.15, 0.2) is 0 Å². The lowest BCUT2D eigenvalue weighted by atomic mass is 9.91. The third kappa shape index (κ3) is 3.16. The lowest BCUT2D eigenvalue weighted by molar-refractivity contribution is 0.0946. The molecule has 0 aliphatic carbocycles. The van der Waals surface area contributed by atoms with Gasteiger partial charge in [0.1, 0.15) is 0 Å². The Morgan fingerprint density at radius 3 is 2.84 bits per heavy atom. The van der Waals surface area contributed by atoms with Gasteiger partial charge < -0.3 is 10.6 Å². The predicted molar refractivity (Wildman–Crippen MR) is 78.4 cm³/mol. The molecule has 1 amide bonds. The Hall–Kier alpha value is -1.35. The second kappa shape index (κ2) is 6.20. The summed E-state index contributed by atoms with van der Waals surface area (Å²) in [5.41, 5.74) is 3.25. The Morgan fingerprint density at radius 1 is 1.37 bits per heavy atom. The van der Waals surface area contributed by atoms with Gasteiger partial charge in [-0.15, -0.1) is 0 Å². The standard InChI is InChI=1S/C16H24N2O/c1-4-8-17-15(11(2)3)13-6-5-12-7-9-18-16(19)14(12)10-13/h5-6,10-11,15,17H,4,7-9H2,1-3H3,(H,18,19). The molecule has 2 N–H and O–H groups in total. The summed E-state index contributed by atoms with van der Waals surface area (Å²) in [6.07, 6.45) is 2.06. The summed E-state index contributed by atoms with van der Waals surface area (Å²) >= 11 is 0. The molecule has 0 saturated carbocycles. The second-order valence-corrected chi connectivity index (χ2v) is 5.60. The summed E-state index contributed by atoms with van der Waals surface area (Å²) < 4.78 is 0. The average Bonchev–Trinajstić information content (AvgIpc) is 2.39. The lowest BCUT2D eigenvalue weighted by Crippen LogP contribution is -2.32. The molecule has 3 nitrogen and oxygen atoms in total. The van der Waals surface area contributed by atoms with Gasteiger partial charge in [0.25, 0.3) is 5.91 Å². The number of fused-ring (bicyclic) bond motifs is 1. The van der Waals surface area contributed by atoms with Crippen LogP contribution < -0.4 is 10.6 Å². The van der Waals surface area contributed by atoms with Crippen LogP contribution >= 0.6 is 0 Å². The molecule has 19 heavy (non-hydrogen) atoms. The maximum absolute atomic E-state index is 11.9. The summed E-state index contributed by atoms with van der Waals surface area (Å²) in [6, 6.07) is 6.67. The monoisotopic (exact) mass is 260 g/mol. The number of carbonyl (C=O) groups is 1. The number of amides is 1. The summed E-state index contributed by atoms with van der Waals surface area (Å²) in [5.74, 6) is 0.581. The van der Waals surface area contributed by atoms with Crippen LogP contribution in [0.25, 0.3) is 0 Å². The first-order chi connectivity index (χ1) is 9.13. The van der Waals surface area contributed by atoms with E-state index in [0.717, 1.165) is 31.5 Å². The molecule has 1 heterocycles. The van der Waals surface area contributed by atoms with Crippen molar-refractivity contribution >= 4 is 5.91 Å². The fraction of sp³-hybridized carbons (Fsp3) is 0.562. The van der Waals surface area contributed by atoms with Crippen LogP contribution in [0.15, 0.2) is 18.2 Å². The number of hydrogen-bond donors (Lipinski definition) is 2. The predicted octanol–water partition coefficient (Wildman–Crippen LogP) is 2.67. The minimum Gasteiger partial charge on any atom is -0.352 e. The van der Waals surface area contributed by atoms with Crippen LogP contribution in [0, 0.1) is 5.92 Å². The molecule has 1 aromatic carbocycles. The minimum atomic E-state index is 0.0705. The van der Waals surface area contributed by atoms with Crippen molar-refractivity contribution in [3.8, 4) is 0 Å². The van der Waals surface area contributed by atoms with Crippen molar-refractivity contribution in [2.45, 2.75) is 39.7 Å². The first-order valence-electron chi connectivity index (χ1n) is 7.28. The Kier molecular flexibility index (Phi) is 4.59. The van der Waals surface area contributed by atoms with E-state index >= 15 is 0 Å². The highest BCUT2D eigenvalue weighted by molar-refractivity contribution is 5.96. The van der Waals surface area contributed by atoms with Crippen molar-refractivity contribution in [1.29, 1.82) is 0 Å². The van der Waals surface area contributed by atoms with Gasteiger partial charge in [0, 0.05) is 18.2 Å². The number of carbonyl (C=O) groups excluding carboxylic acids is 1. The molecular weight excluding hydrogens is 236 g/mol. The zero-order valence-corrected chi connectivity index (χ0v) is 12.1. The molecule has 3 heteroatoms. The number of rotatable bonds is 5. The molecule has 2 rings (SSSR count). The Morgan fingerprint density at radius 2 is 2.16 bits per heavy atom. The van der Waals surface area contributed by atoms with E-state index in [2.05, 4.69) is 49.6 Å². The van der Waals surface area contributed by atoms with Gasteiger partial charge in [-0.25, -0.2) is 0 Å². The van der Waals surface area contributed by atoms with Gasteiger partial charge in [0.2, 0.25) is 0 Å². The van der Waals surface area contributed by atoms with Gasteiger partial charge in [0.05, 0.1) is 0 Å². The topological polar surface area (TPSA) is 41.1 Å². The largest absolute Gasteiger partial charge is 0.352 e.